The minimum absolute atomic E-state index is 0.308. The molecule has 3 aromatic rings. The van der Waals surface area contributed by atoms with Crippen molar-refractivity contribution in [1.82, 2.24) is 5.48 Å². The average Bonchev–Trinajstić information content (AvgIpc) is 2.82. The lowest BCUT2D eigenvalue weighted by Gasteiger charge is -2.15. The molecule has 0 fully saturated rings. The van der Waals surface area contributed by atoms with E-state index in [1.807, 2.05) is 85.8 Å². The third kappa shape index (κ3) is 6.53. The first-order valence-electron chi connectivity index (χ1n) is 9.55. The second kappa shape index (κ2) is 11.3. The van der Waals surface area contributed by atoms with Gasteiger partial charge in [-0.1, -0.05) is 48.5 Å². The van der Waals surface area contributed by atoms with Crippen LogP contribution in [0, 0.1) is 0 Å². The van der Waals surface area contributed by atoms with E-state index >= 15 is 0 Å². The summed E-state index contributed by atoms with van der Waals surface area (Å²) < 4.78 is 5.82. The molecule has 0 atom stereocenters. The largest absolute Gasteiger partial charge is 0.457 e. The maximum absolute atomic E-state index is 11.6. The third-order valence-corrected chi connectivity index (χ3v) is 4.17. The number of amidine groups is 1. The summed E-state index contributed by atoms with van der Waals surface area (Å²) in [6.45, 7) is 1.84. The summed E-state index contributed by atoms with van der Waals surface area (Å²) in [5.74, 6) is 1.81. The zero-order chi connectivity index (χ0) is 21.9. The molecular weight excluding hydrogens is 394 g/mol. The molecule has 7 heteroatoms. The number of nitrogens with zero attached hydrogens (tertiary/aromatic N) is 2. The number of anilines is 1. The van der Waals surface area contributed by atoms with Crippen LogP contribution in [0.2, 0.25) is 0 Å². The lowest BCUT2D eigenvalue weighted by Crippen LogP contribution is -2.28. The van der Waals surface area contributed by atoms with Gasteiger partial charge in [-0.3, -0.25) is 4.79 Å². The van der Waals surface area contributed by atoms with Crippen molar-refractivity contribution in [2.75, 3.05) is 12.1 Å². The van der Waals surface area contributed by atoms with Gasteiger partial charge in [0.1, 0.15) is 11.5 Å². The van der Waals surface area contributed by atoms with Gasteiger partial charge in [0.2, 0.25) is 6.41 Å². The predicted molar refractivity (Wildman–Crippen MR) is 120 cm³/mol. The highest BCUT2D eigenvalue weighted by atomic mass is 17.3. The van der Waals surface area contributed by atoms with E-state index in [9.17, 15) is 4.79 Å². The minimum Gasteiger partial charge on any atom is -0.457 e. The molecule has 1 N–H and O–H groups in total. The summed E-state index contributed by atoms with van der Waals surface area (Å²) >= 11 is 0. The number of carbonyl (C=O) groups excluding carboxylic acids is 1. The number of amides is 1. The lowest BCUT2D eigenvalue weighted by atomic mass is 10.1. The Morgan fingerprint density at radius 2 is 1.52 bits per heavy atom. The Hall–Kier alpha value is -3.94. The van der Waals surface area contributed by atoms with Crippen molar-refractivity contribution in [2.24, 2.45) is 5.10 Å². The fourth-order valence-corrected chi connectivity index (χ4v) is 2.67. The number of ether oxygens (including phenoxy) is 1. The molecule has 0 bridgehead atoms. The van der Waals surface area contributed by atoms with Crippen molar-refractivity contribution in [2.45, 2.75) is 6.92 Å². The Bertz CT molecular complexity index is 1020. The van der Waals surface area contributed by atoms with Crippen LogP contribution in [-0.4, -0.2) is 19.4 Å². The maximum atomic E-state index is 11.6. The highest BCUT2D eigenvalue weighted by Gasteiger charge is 2.09. The molecule has 3 rings (SSSR count). The number of nitrogens with one attached hydrogen (secondary N) is 1. The van der Waals surface area contributed by atoms with Crippen LogP contribution in [-0.2, 0) is 14.7 Å². The first-order chi connectivity index (χ1) is 15.2. The van der Waals surface area contributed by atoms with E-state index in [4.69, 9.17) is 9.73 Å². The highest BCUT2D eigenvalue weighted by molar-refractivity contribution is 6.02. The van der Waals surface area contributed by atoms with E-state index in [1.54, 1.807) is 12.1 Å². The van der Waals surface area contributed by atoms with Crippen LogP contribution < -0.4 is 15.2 Å². The van der Waals surface area contributed by atoms with Gasteiger partial charge >= 0.3 is 0 Å². The molecule has 158 valence electrons. The third-order valence-electron chi connectivity index (χ3n) is 4.17. The fraction of sp³-hybridized carbons (Fsp3) is 0.0833. The lowest BCUT2D eigenvalue weighted by molar-refractivity contribution is -0.300. The van der Waals surface area contributed by atoms with Gasteiger partial charge in [-0.2, -0.15) is 0 Å². The predicted octanol–water partition coefficient (Wildman–Crippen LogP) is 4.94. The summed E-state index contributed by atoms with van der Waals surface area (Å²) in [6.07, 6.45) is 2.51. The van der Waals surface area contributed by atoms with Gasteiger partial charge in [-0.15, -0.1) is 10.1 Å². The molecule has 1 amide bonds. The quantitative estimate of drug-likeness (QED) is 0.176. The van der Waals surface area contributed by atoms with E-state index in [-0.39, 0.29) is 0 Å². The Kier molecular flexibility index (Phi) is 7.93. The molecule has 0 saturated heterocycles. The molecule has 0 aliphatic heterocycles. The minimum atomic E-state index is 0.308. The molecule has 0 aliphatic rings. The van der Waals surface area contributed by atoms with Crippen molar-refractivity contribution in [3.8, 4) is 11.5 Å². The molecular formula is C24H23N3O4. The van der Waals surface area contributed by atoms with Gasteiger partial charge in [0.15, 0.2) is 5.84 Å². The van der Waals surface area contributed by atoms with Gasteiger partial charge in [-0.05, 0) is 60.5 Å². The van der Waals surface area contributed by atoms with Crippen molar-refractivity contribution in [3.63, 3.8) is 0 Å². The number of hydrazone groups is 1. The summed E-state index contributed by atoms with van der Waals surface area (Å²) in [5, 5.41) is 5.55. The molecule has 0 aliphatic carbocycles. The second-order valence-corrected chi connectivity index (χ2v) is 6.40. The smallest absolute Gasteiger partial charge is 0.234 e. The van der Waals surface area contributed by atoms with Crippen molar-refractivity contribution < 1.29 is 19.4 Å². The Balaban J connectivity index is 1.80. The van der Waals surface area contributed by atoms with E-state index < -0.39 is 0 Å². The zero-order valence-corrected chi connectivity index (χ0v) is 17.3. The van der Waals surface area contributed by atoms with Crippen LogP contribution in [0.5, 0.6) is 11.5 Å². The number of hydroxylamine groups is 1. The SMILES string of the molecule is COONC(=N/N(C=O)c1ccccc1)/C(C)=C/c1ccc(Oc2ccccc2)cc1. The number of carbonyl (C=O) groups is 1. The number of rotatable bonds is 9. The standard InChI is InChI=1S/C24H23N3O4/c1-19(17-20-13-15-23(16-14-20)30-22-11-7-4-8-12-22)24(26-31-29-2)25-27(18-28)21-9-5-3-6-10-21/h3-18H,1-2H3,(H,25,26)/b19-17+. The molecule has 3 aromatic carbocycles. The van der Waals surface area contributed by atoms with Gasteiger partial charge in [-0.25, -0.2) is 15.4 Å². The van der Waals surface area contributed by atoms with Crippen LogP contribution in [0.4, 0.5) is 5.69 Å². The van der Waals surface area contributed by atoms with Crippen LogP contribution in [0.3, 0.4) is 0 Å². The van der Waals surface area contributed by atoms with E-state index in [2.05, 4.69) is 15.5 Å². The van der Waals surface area contributed by atoms with Crippen LogP contribution in [0.25, 0.3) is 6.08 Å². The highest BCUT2D eigenvalue weighted by Crippen LogP contribution is 2.22. The number of hydrogen-bond acceptors (Lipinski definition) is 5. The molecule has 0 saturated carbocycles. The molecule has 31 heavy (non-hydrogen) atoms. The first-order valence-corrected chi connectivity index (χ1v) is 9.55. The topological polar surface area (TPSA) is 72.4 Å². The molecule has 0 unspecified atom stereocenters. The van der Waals surface area contributed by atoms with E-state index in [0.717, 1.165) is 22.6 Å². The van der Waals surface area contributed by atoms with Gasteiger partial charge in [0.25, 0.3) is 0 Å². The Morgan fingerprint density at radius 1 is 0.903 bits per heavy atom. The van der Waals surface area contributed by atoms with E-state index in [1.165, 1.54) is 12.1 Å². The van der Waals surface area contributed by atoms with Crippen LogP contribution in [0.15, 0.2) is 95.6 Å². The normalized spacial score (nSPS) is 11.7. The van der Waals surface area contributed by atoms with Crippen molar-refractivity contribution >= 4 is 24.0 Å². The fourth-order valence-electron chi connectivity index (χ4n) is 2.67. The van der Waals surface area contributed by atoms with Gasteiger partial charge in [0.05, 0.1) is 12.8 Å². The molecule has 7 nitrogen and oxygen atoms in total. The molecule has 0 heterocycles. The van der Waals surface area contributed by atoms with Gasteiger partial charge in [0, 0.05) is 0 Å². The number of hydrogen-bond donors (Lipinski definition) is 1. The molecule has 0 radical (unpaired) electrons. The molecule has 0 aromatic heterocycles. The van der Waals surface area contributed by atoms with Crippen LogP contribution in [0.1, 0.15) is 12.5 Å². The first kappa shape index (κ1) is 21.8. The maximum Gasteiger partial charge on any atom is 0.234 e. The van der Waals surface area contributed by atoms with E-state index in [0.29, 0.717) is 17.9 Å². The summed E-state index contributed by atoms with van der Waals surface area (Å²) in [4.78, 5) is 21.0. The summed E-state index contributed by atoms with van der Waals surface area (Å²) in [7, 11) is 1.36. The summed E-state index contributed by atoms with van der Waals surface area (Å²) in [5.41, 5.74) is 4.86. The second-order valence-electron chi connectivity index (χ2n) is 6.40. The van der Waals surface area contributed by atoms with Crippen molar-refractivity contribution in [1.29, 1.82) is 0 Å². The van der Waals surface area contributed by atoms with Crippen molar-refractivity contribution in [3.05, 3.63) is 96.1 Å². The zero-order valence-electron chi connectivity index (χ0n) is 17.3. The summed E-state index contributed by atoms with van der Waals surface area (Å²) in [6, 6.07) is 26.2. The number of para-hydroxylation sites is 2. The molecule has 0 spiro atoms. The number of benzene rings is 3. The van der Waals surface area contributed by atoms with Crippen LogP contribution >= 0.6 is 0 Å². The Labute approximate surface area is 181 Å². The monoisotopic (exact) mass is 417 g/mol. The van der Waals surface area contributed by atoms with Gasteiger partial charge < -0.3 is 4.74 Å². The average molecular weight is 417 g/mol. The Morgan fingerprint density at radius 3 is 2.13 bits per heavy atom.